The second-order valence-electron chi connectivity index (χ2n) is 7.69. The van der Waals surface area contributed by atoms with Gasteiger partial charge in [-0.25, -0.2) is 0 Å². The fraction of sp³-hybridized carbons (Fsp3) is 0.941. The molecule has 2 aliphatic heterocycles. The van der Waals surface area contributed by atoms with Gasteiger partial charge in [0.15, 0.2) is 0 Å². The summed E-state index contributed by atoms with van der Waals surface area (Å²) in [6.07, 6.45) is 4.92. The Morgan fingerprint density at radius 3 is 2.59 bits per heavy atom. The summed E-state index contributed by atoms with van der Waals surface area (Å²) in [6.45, 7) is 4.75. The number of methoxy groups -OCH3 is 2. The largest absolute Gasteiger partial charge is 0.384 e. The van der Waals surface area contributed by atoms with Gasteiger partial charge in [-0.1, -0.05) is 0 Å². The molecule has 0 aromatic heterocycles. The molecule has 22 heavy (non-hydrogen) atoms. The monoisotopic (exact) mass is 310 g/mol. The zero-order chi connectivity index (χ0) is 15.8. The lowest BCUT2D eigenvalue weighted by Gasteiger charge is -2.41. The number of amides is 1. The van der Waals surface area contributed by atoms with Gasteiger partial charge in [0.1, 0.15) is 0 Å². The topological polar surface area (TPSA) is 42.0 Å². The molecule has 2 heterocycles. The number of hydrogen-bond acceptors (Lipinski definition) is 4. The number of carbonyl (C=O) groups excluding carboxylic acids is 1. The molecule has 3 rings (SSSR count). The average Bonchev–Trinajstić information content (AvgIpc) is 3.00. The van der Waals surface area contributed by atoms with Crippen LogP contribution in [0.5, 0.6) is 0 Å². The van der Waals surface area contributed by atoms with E-state index in [1.807, 2.05) is 0 Å². The van der Waals surface area contributed by atoms with Gasteiger partial charge in [-0.2, -0.15) is 0 Å². The van der Waals surface area contributed by atoms with E-state index in [1.165, 1.54) is 6.42 Å². The lowest BCUT2D eigenvalue weighted by molar-refractivity contribution is -0.143. The molecule has 3 fully saturated rings. The van der Waals surface area contributed by atoms with Crippen LogP contribution in [-0.4, -0.2) is 75.4 Å². The minimum atomic E-state index is -0.161. The van der Waals surface area contributed by atoms with Crippen molar-refractivity contribution in [2.45, 2.75) is 37.7 Å². The summed E-state index contributed by atoms with van der Waals surface area (Å²) in [5.74, 6) is 0.824. The Labute approximate surface area is 133 Å². The van der Waals surface area contributed by atoms with E-state index >= 15 is 0 Å². The highest BCUT2D eigenvalue weighted by molar-refractivity contribution is 5.78. The Morgan fingerprint density at radius 2 is 2.00 bits per heavy atom. The van der Waals surface area contributed by atoms with E-state index in [2.05, 4.69) is 16.8 Å². The second-order valence-corrected chi connectivity index (χ2v) is 7.69. The fourth-order valence-corrected chi connectivity index (χ4v) is 4.71. The molecule has 0 radical (unpaired) electrons. The van der Waals surface area contributed by atoms with Gasteiger partial charge in [0.25, 0.3) is 0 Å². The van der Waals surface area contributed by atoms with Gasteiger partial charge in [-0.15, -0.1) is 0 Å². The Bertz CT molecular complexity index is 419. The molecule has 0 N–H and O–H groups in total. The van der Waals surface area contributed by atoms with Crippen LogP contribution in [0.25, 0.3) is 0 Å². The van der Waals surface area contributed by atoms with Crippen LogP contribution >= 0.6 is 0 Å². The number of carbonyl (C=O) groups is 1. The molecule has 5 heteroatoms. The van der Waals surface area contributed by atoms with E-state index in [-0.39, 0.29) is 16.9 Å². The number of rotatable bonds is 5. The number of hydrogen-bond donors (Lipinski definition) is 0. The third-order valence-electron chi connectivity index (χ3n) is 6.26. The van der Waals surface area contributed by atoms with E-state index in [1.54, 1.807) is 14.2 Å². The molecule has 0 aromatic rings. The molecule has 2 atom stereocenters. The predicted octanol–water partition coefficient (Wildman–Crippen LogP) is 1.37. The smallest absolute Gasteiger partial charge is 0.225 e. The van der Waals surface area contributed by atoms with Crippen LogP contribution in [0.3, 0.4) is 0 Å². The first-order valence-electron chi connectivity index (χ1n) is 8.53. The van der Waals surface area contributed by atoms with E-state index in [0.717, 1.165) is 52.0 Å². The third kappa shape index (κ3) is 2.79. The minimum Gasteiger partial charge on any atom is -0.384 e. The lowest BCUT2D eigenvalue weighted by atomic mass is 9.77. The van der Waals surface area contributed by atoms with Crippen molar-refractivity contribution in [3.8, 4) is 0 Å². The molecule has 1 aliphatic carbocycles. The van der Waals surface area contributed by atoms with Gasteiger partial charge in [-0.3, -0.25) is 4.79 Å². The standard InChI is InChI=1S/C17H30N2O3/c1-18-10-14(11-21-2)16(12-18)7-8-19(13-16)15(20)9-17(22-3)5-4-6-17/h14H,4-13H2,1-3H3/t14-,16-/m1/s1. The first-order chi connectivity index (χ1) is 10.5. The number of likely N-dealkylation sites (tertiary alicyclic amines) is 2. The van der Waals surface area contributed by atoms with Crippen LogP contribution in [-0.2, 0) is 14.3 Å². The summed E-state index contributed by atoms with van der Waals surface area (Å²) in [6, 6.07) is 0. The molecule has 0 aromatic carbocycles. The van der Waals surface area contributed by atoms with Crippen LogP contribution < -0.4 is 0 Å². The van der Waals surface area contributed by atoms with Gasteiger partial charge >= 0.3 is 0 Å². The Balaban J connectivity index is 1.62. The van der Waals surface area contributed by atoms with Crippen molar-refractivity contribution >= 4 is 5.91 Å². The third-order valence-corrected chi connectivity index (χ3v) is 6.26. The van der Waals surface area contributed by atoms with Crippen molar-refractivity contribution in [3.05, 3.63) is 0 Å². The highest BCUT2D eigenvalue weighted by Gasteiger charge is 2.51. The van der Waals surface area contributed by atoms with E-state index in [9.17, 15) is 4.79 Å². The van der Waals surface area contributed by atoms with Crippen molar-refractivity contribution in [1.29, 1.82) is 0 Å². The van der Waals surface area contributed by atoms with Crippen molar-refractivity contribution < 1.29 is 14.3 Å². The van der Waals surface area contributed by atoms with Gasteiger partial charge in [0.05, 0.1) is 18.6 Å². The molecular formula is C17H30N2O3. The lowest BCUT2D eigenvalue weighted by Crippen LogP contribution is -2.45. The summed E-state index contributed by atoms with van der Waals surface area (Å²) in [4.78, 5) is 17.2. The summed E-state index contributed by atoms with van der Waals surface area (Å²) in [7, 11) is 5.71. The normalized spacial score (nSPS) is 34.3. The van der Waals surface area contributed by atoms with Crippen LogP contribution in [0.1, 0.15) is 32.1 Å². The maximum absolute atomic E-state index is 12.7. The molecule has 0 unspecified atom stereocenters. The first kappa shape index (κ1) is 16.2. The summed E-state index contributed by atoms with van der Waals surface area (Å²) in [5.41, 5.74) is 0.0749. The van der Waals surface area contributed by atoms with E-state index < -0.39 is 0 Å². The first-order valence-corrected chi connectivity index (χ1v) is 8.53. The number of ether oxygens (including phenoxy) is 2. The average molecular weight is 310 g/mol. The summed E-state index contributed by atoms with van der Waals surface area (Å²) in [5, 5.41) is 0. The van der Waals surface area contributed by atoms with Crippen LogP contribution in [0.15, 0.2) is 0 Å². The molecule has 126 valence electrons. The van der Waals surface area contributed by atoms with E-state index in [0.29, 0.717) is 12.3 Å². The molecular weight excluding hydrogens is 280 g/mol. The van der Waals surface area contributed by atoms with Crippen LogP contribution in [0.2, 0.25) is 0 Å². The second kappa shape index (κ2) is 6.10. The van der Waals surface area contributed by atoms with Crippen molar-refractivity contribution in [1.82, 2.24) is 9.80 Å². The summed E-state index contributed by atoms with van der Waals surface area (Å²) < 4.78 is 11.1. The van der Waals surface area contributed by atoms with Gasteiger partial charge in [0.2, 0.25) is 5.91 Å². The summed E-state index contributed by atoms with van der Waals surface area (Å²) >= 11 is 0. The van der Waals surface area contributed by atoms with Crippen molar-refractivity contribution in [2.24, 2.45) is 11.3 Å². The quantitative estimate of drug-likeness (QED) is 0.769. The maximum Gasteiger partial charge on any atom is 0.225 e. The molecule has 1 spiro atoms. The zero-order valence-corrected chi connectivity index (χ0v) is 14.3. The zero-order valence-electron chi connectivity index (χ0n) is 14.3. The predicted molar refractivity (Wildman–Crippen MR) is 84.7 cm³/mol. The van der Waals surface area contributed by atoms with Crippen LogP contribution in [0, 0.1) is 11.3 Å². The molecule has 3 aliphatic rings. The fourth-order valence-electron chi connectivity index (χ4n) is 4.71. The molecule has 1 amide bonds. The van der Waals surface area contributed by atoms with Crippen molar-refractivity contribution in [3.63, 3.8) is 0 Å². The molecule has 2 saturated heterocycles. The SMILES string of the molecule is COC[C@H]1CN(C)C[C@@]12CCN(C(=O)CC1(OC)CCC1)C2. The Hall–Kier alpha value is -0.650. The van der Waals surface area contributed by atoms with E-state index in [4.69, 9.17) is 9.47 Å². The highest BCUT2D eigenvalue weighted by Crippen LogP contribution is 2.45. The molecule has 0 bridgehead atoms. The van der Waals surface area contributed by atoms with Gasteiger partial charge < -0.3 is 19.3 Å². The Morgan fingerprint density at radius 1 is 1.23 bits per heavy atom. The molecule has 1 saturated carbocycles. The maximum atomic E-state index is 12.7. The van der Waals surface area contributed by atoms with Gasteiger partial charge in [-0.05, 0) is 32.7 Å². The number of nitrogens with zero attached hydrogens (tertiary/aromatic N) is 2. The highest BCUT2D eigenvalue weighted by atomic mass is 16.5. The Kier molecular flexibility index (Phi) is 4.49. The van der Waals surface area contributed by atoms with Crippen molar-refractivity contribution in [2.75, 3.05) is 54.1 Å². The van der Waals surface area contributed by atoms with Crippen LogP contribution in [0.4, 0.5) is 0 Å². The molecule has 5 nitrogen and oxygen atoms in total. The van der Waals surface area contributed by atoms with Gasteiger partial charge in [0, 0.05) is 51.7 Å². The minimum absolute atomic E-state index is 0.161.